The standard InChI is InChI=1S/C16H19N3O/c1-10-3-4-15(20-2)13(7-10)14-5-6-18-16(19-14)11-8-12(17)9-11/h3-7,11-12H,8-9,17H2,1-2H3. The molecule has 4 heteroatoms. The lowest BCUT2D eigenvalue weighted by atomic mass is 9.80. The van der Waals surface area contributed by atoms with Crippen molar-refractivity contribution in [2.75, 3.05) is 7.11 Å². The predicted octanol–water partition coefficient (Wildman–Crippen LogP) is 2.67. The van der Waals surface area contributed by atoms with E-state index in [0.717, 1.165) is 35.7 Å². The number of nitrogens with zero attached hydrogens (tertiary/aromatic N) is 2. The van der Waals surface area contributed by atoms with Crippen LogP contribution in [0.4, 0.5) is 0 Å². The summed E-state index contributed by atoms with van der Waals surface area (Å²) in [5, 5.41) is 0. The van der Waals surface area contributed by atoms with Gasteiger partial charge in [0.1, 0.15) is 11.6 Å². The summed E-state index contributed by atoms with van der Waals surface area (Å²) < 4.78 is 5.43. The number of aromatic nitrogens is 2. The Labute approximate surface area is 119 Å². The molecule has 3 rings (SSSR count). The minimum Gasteiger partial charge on any atom is -0.496 e. The fourth-order valence-electron chi connectivity index (χ4n) is 2.62. The van der Waals surface area contributed by atoms with Gasteiger partial charge in [-0.15, -0.1) is 0 Å². The molecule has 4 nitrogen and oxygen atoms in total. The van der Waals surface area contributed by atoms with Crippen LogP contribution in [0.5, 0.6) is 5.75 Å². The zero-order valence-electron chi connectivity index (χ0n) is 11.8. The Balaban J connectivity index is 1.98. The largest absolute Gasteiger partial charge is 0.496 e. The van der Waals surface area contributed by atoms with Crippen LogP contribution in [0.3, 0.4) is 0 Å². The van der Waals surface area contributed by atoms with E-state index in [0.29, 0.717) is 12.0 Å². The van der Waals surface area contributed by atoms with E-state index in [2.05, 4.69) is 18.0 Å². The van der Waals surface area contributed by atoms with E-state index in [4.69, 9.17) is 15.5 Å². The van der Waals surface area contributed by atoms with Crippen molar-refractivity contribution < 1.29 is 4.74 Å². The highest BCUT2D eigenvalue weighted by atomic mass is 16.5. The third-order valence-corrected chi connectivity index (χ3v) is 3.84. The lowest BCUT2D eigenvalue weighted by Crippen LogP contribution is -2.35. The molecule has 20 heavy (non-hydrogen) atoms. The Morgan fingerprint density at radius 3 is 2.75 bits per heavy atom. The molecule has 1 aliphatic rings. The molecule has 0 amide bonds. The van der Waals surface area contributed by atoms with E-state index in [1.54, 1.807) is 7.11 Å². The van der Waals surface area contributed by atoms with Crippen LogP contribution in [0.2, 0.25) is 0 Å². The molecule has 1 aromatic heterocycles. The Bertz CT molecular complexity index is 621. The number of hydrogen-bond donors (Lipinski definition) is 1. The van der Waals surface area contributed by atoms with E-state index in [1.165, 1.54) is 5.56 Å². The van der Waals surface area contributed by atoms with Gasteiger partial charge in [0.2, 0.25) is 0 Å². The number of rotatable bonds is 3. The molecule has 2 aromatic rings. The predicted molar refractivity (Wildman–Crippen MR) is 78.7 cm³/mol. The van der Waals surface area contributed by atoms with Crippen LogP contribution in [0, 0.1) is 6.92 Å². The molecule has 0 spiro atoms. The topological polar surface area (TPSA) is 61.0 Å². The van der Waals surface area contributed by atoms with E-state index < -0.39 is 0 Å². The van der Waals surface area contributed by atoms with Gasteiger partial charge in [-0.05, 0) is 38.0 Å². The first kappa shape index (κ1) is 13.1. The summed E-state index contributed by atoms with van der Waals surface area (Å²) >= 11 is 0. The molecule has 1 aromatic carbocycles. The molecular formula is C16H19N3O. The molecule has 0 aliphatic heterocycles. The van der Waals surface area contributed by atoms with E-state index in [1.807, 2.05) is 24.4 Å². The average Bonchev–Trinajstić information content (AvgIpc) is 2.44. The maximum absolute atomic E-state index is 5.85. The summed E-state index contributed by atoms with van der Waals surface area (Å²) in [6.45, 7) is 2.07. The van der Waals surface area contributed by atoms with Crippen molar-refractivity contribution in [3.8, 4) is 17.0 Å². The number of hydrogen-bond acceptors (Lipinski definition) is 4. The molecule has 104 valence electrons. The number of methoxy groups -OCH3 is 1. The zero-order valence-corrected chi connectivity index (χ0v) is 11.8. The third kappa shape index (κ3) is 2.39. The van der Waals surface area contributed by atoms with Gasteiger partial charge in [0, 0.05) is 23.7 Å². The van der Waals surface area contributed by atoms with Crippen LogP contribution in [0.25, 0.3) is 11.3 Å². The molecule has 0 bridgehead atoms. The second-order valence-electron chi connectivity index (χ2n) is 5.43. The van der Waals surface area contributed by atoms with E-state index in [-0.39, 0.29) is 0 Å². The van der Waals surface area contributed by atoms with Crippen LogP contribution in [-0.2, 0) is 0 Å². The minimum absolute atomic E-state index is 0.306. The summed E-state index contributed by atoms with van der Waals surface area (Å²) in [6.07, 6.45) is 3.78. The fourth-order valence-corrected chi connectivity index (χ4v) is 2.62. The van der Waals surface area contributed by atoms with Gasteiger partial charge in [-0.1, -0.05) is 11.6 Å². The maximum Gasteiger partial charge on any atom is 0.132 e. The maximum atomic E-state index is 5.85. The highest BCUT2D eigenvalue weighted by molar-refractivity contribution is 5.67. The summed E-state index contributed by atoms with van der Waals surface area (Å²) in [5.74, 6) is 2.14. The Morgan fingerprint density at radius 1 is 1.25 bits per heavy atom. The van der Waals surface area contributed by atoms with Crippen LogP contribution >= 0.6 is 0 Å². The Hall–Kier alpha value is -1.94. The number of benzene rings is 1. The second-order valence-corrected chi connectivity index (χ2v) is 5.43. The number of aryl methyl sites for hydroxylation is 1. The van der Waals surface area contributed by atoms with Gasteiger partial charge in [0.25, 0.3) is 0 Å². The van der Waals surface area contributed by atoms with Crippen molar-refractivity contribution in [3.05, 3.63) is 41.9 Å². The number of nitrogens with two attached hydrogens (primary N) is 1. The van der Waals surface area contributed by atoms with Gasteiger partial charge in [-0.3, -0.25) is 0 Å². The Morgan fingerprint density at radius 2 is 2.05 bits per heavy atom. The first-order chi connectivity index (χ1) is 9.67. The van der Waals surface area contributed by atoms with Crippen LogP contribution in [0.1, 0.15) is 30.1 Å². The SMILES string of the molecule is COc1ccc(C)cc1-c1ccnc(C2CC(N)C2)n1. The molecule has 2 N–H and O–H groups in total. The van der Waals surface area contributed by atoms with Crippen LogP contribution in [0.15, 0.2) is 30.5 Å². The molecule has 0 unspecified atom stereocenters. The summed E-state index contributed by atoms with van der Waals surface area (Å²) in [5.41, 5.74) is 8.96. The van der Waals surface area contributed by atoms with Crippen LogP contribution < -0.4 is 10.5 Å². The lowest BCUT2D eigenvalue weighted by Gasteiger charge is -2.31. The third-order valence-electron chi connectivity index (χ3n) is 3.84. The van der Waals surface area contributed by atoms with Crippen molar-refractivity contribution in [3.63, 3.8) is 0 Å². The smallest absolute Gasteiger partial charge is 0.132 e. The number of ether oxygens (including phenoxy) is 1. The quantitative estimate of drug-likeness (QED) is 0.930. The molecule has 1 aliphatic carbocycles. The minimum atomic E-state index is 0.306. The molecule has 0 saturated heterocycles. The summed E-state index contributed by atoms with van der Waals surface area (Å²) in [4.78, 5) is 9.09. The molecule has 1 saturated carbocycles. The summed E-state index contributed by atoms with van der Waals surface area (Å²) in [6, 6.07) is 8.35. The Kier molecular flexibility index (Phi) is 3.40. The van der Waals surface area contributed by atoms with Crippen molar-refractivity contribution in [2.45, 2.75) is 31.7 Å². The highest BCUT2D eigenvalue weighted by Crippen LogP contribution is 2.35. The van der Waals surface area contributed by atoms with Crippen molar-refractivity contribution >= 4 is 0 Å². The second kappa shape index (κ2) is 5.21. The molecular weight excluding hydrogens is 250 g/mol. The van der Waals surface area contributed by atoms with E-state index >= 15 is 0 Å². The first-order valence-electron chi connectivity index (χ1n) is 6.91. The fraction of sp³-hybridized carbons (Fsp3) is 0.375. The highest BCUT2D eigenvalue weighted by Gasteiger charge is 2.29. The van der Waals surface area contributed by atoms with Gasteiger partial charge < -0.3 is 10.5 Å². The van der Waals surface area contributed by atoms with Gasteiger partial charge in [0.15, 0.2) is 0 Å². The van der Waals surface area contributed by atoms with Gasteiger partial charge in [0.05, 0.1) is 12.8 Å². The monoisotopic (exact) mass is 269 g/mol. The summed E-state index contributed by atoms with van der Waals surface area (Å²) in [7, 11) is 1.68. The lowest BCUT2D eigenvalue weighted by molar-refractivity contribution is 0.338. The van der Waals surface area contributed by atoms with Gasteiger partial charge >= 0.3 is 0 Å². The van der Waals surface area contributed by atoms with Gasteiger partial charge in [-0.25, -0.2) is 9.97 Å². The molecule has 0 atom stereocenters. The normalized spacial score (nSPS) is 21.4. The molecule has 0 radical (unpaired) electrons. The van der Waals surface area contributed by atoms with Crippen molar-refractivity contribution in [1.82, 2.24) is 9.97 Å². The molecule has 1 fully saturated rings. The molecule has 1 heterocycles. The van der Waals surface area contributed by atoms with E-state index in [9.17, 15) is 0 Å². The first-order valence-corrected chi connectivity index (χ1v) is 6.91. The zero-order chi connectivity index (χ0) is 14.1. The van der Waals surface area contributed by atoms with Crippen LogP contribution in [-0.4, -0.2) is 23.1 Å². The van der Waals surface area contributed by atoms with Gasteiger partial charge in [-0.2, -0.15) is 0 Å². The average molecular weight is 269 g/mol. The van der Waals surface area contributed by atoms with Crippen molar-refractivity contribution in [2.24, 2.45) is 5.73 Å². The van der Waals surface area contributed by atoms with Crippen molar-refractivity contribution in [1.29, 1.82) is 0 Å².